The SMILES string of the molecule is CN(CC(=O)O)C(=O)c1ccc(Cl)c(F)c1. The molecule has 6 heteroatoms. The summed E-state index contributed by atoms with van der Waals surface area (Å²) >= 11 is 5.46. The molecular weight excluding hydrogens is 237 g/mol. The molecule has 0 heterocycles. The topological polar surface area (TPSA) is 57.6 Å². The van der Waals surface area contributed by atoms with E-state index in [1.165, 1.54) is 19.2 Å². The van der Waals surface area contributed by atoms with Gasteiger partial charge in [-0.2, -0.15) is 0 Å². The first-order valence-corrected chi connectivity index (χ1v) is 4.72. The number of halogens is 2. The van der Waals surface area contributed by atoms with Gasteiger partial charge in [-0.15, -0.1) is 0 Å². The van der Waals surface area contributed by atoms with Crippen molar-refractivity contribution in [2.75, 3.05) is 13.6 Å². The van der Waals surface area contributed by atoms with Crippen molar-refractivity contribution in [3.8, 4) is 0 Å². The number of carbonyl (C=O) groups is 2. The number of carboxylic acids is 1. The van der Waals surface area contributed by atoms with Gasteiger partial charge >= 0.3 is 5.97 Å². The van der Waals surface area contributed by atoms with Crippen molar-refractivity contribution in [3.05, 3.63) is 34.6 Å². The molecule has 0 spiro atoms. The third-order valence-electron chi connectivity index (χ3n) is 1.89. The molecule has 0 aliphatic rings. The van der Waals surface area contributed by atoms with Gasteiger partial charge in [0.15, 0.2) is 0 Å². The predicted molar refractivity (Wildman–Crippen MR) is 56.0 cm³/mol. The molecule has 1 aromatic rings. The number of benzene rings is 1. The molecule has 0 radical (unpaired) electrons. The Kier molecular flexibility index (Phi) is 3.84. The first-order chi connectivity index (χ1) is 7.41. The highest BCUT2D eigenvalue weighted by Gasteiger charge is 2.15. The summed E-state index contributed by atoms with van der Waals surface area (Å²) in [6, 6.07) is 3.56. The summed E-state index contributed by atoms with van der Waals surface area (Å²) in [6.07, 6.45) is 0. The largest absolute Gasteiger partial charge is 0.480 e. The molecule has 16 heavy (non-hydrogen) atoms. The Hall–Kier alpha value is -1.62. The molecule has 0 aromatic heterocycles. The van der Waals surface area contributed by atoms with Crippen molar-refractivity contribution in [1.82, 2.24) is 4.90 Å². The number of hydrogen-bond acceptors (Lipinski definition) is 2. The van der Waals surface area contributed by atoms with Crippen LogP contribution in [0.1, 0.15) is 10.4 Å². The van der Waals surface area contributed by atoms with Crippen molar-refractivity contribution >= 4 is 23.5 Å². The Labute approximate surface area is 96.2 Å². The minimum absolute atomic E-state index is 0.0608. The number of hydrogen-bond donors (Lipinski definition) is 1. The van der Waals surface area contributed by atoms with E-state index in [9.17, 15) is 14.0 Å². The zero-order chi connectivity index (χ0) is 12.3. The molecule has 0 saturated carbocycles. The molecule has 0 atom stereocenters. The second-order valence-electron chi connectivity index (χ2n) is 3.18. The Morgan fingerprint density at radius 2 is 2.12 bits per heavy atom. The lowest BCUT2D eigenvalue weighted by Gasteiger charge is -2.14. The van der Waals surface area contributed by atoms with Crippen LogP contribution in [0.2, 0.25) is 5.02 Å². The second kappa shape index (κ2) is 4.94. The summed E-state index contributed by atoms with van der Waals surface area (Å²) in [5.41, 5.74) is 0.0608. The number of aliphatic carboxylic acids is 1. The van der Waals surface area contributed by atoms with Crippen LogP contribution in [-0.2, 0) is 4.79 Å². The monoisotopic (exact) mass is 245 g/mol. The summed E-state index contributed by atoms with van der Waals surface area (Å²) in [4.78, 5) is 23.0. The minimum atomic E-state index is -1.13. The highest BCUT2D eigenvalue weighted by molar-refractivity contribution is 6.30. The smallest absolute Gasteiger partial charge is 0.323 e. The Morgan fingerprint density at radius 1 is 1.50 bits per heavy atom. The number of amides is 1. The van der Waals surface area contributed by atoms with Crippen molar-refractivity contribution < 1.29 is 19.1 Å². The molecule has 1 aromatic carbocycles. The highest BCUT2D eigenvalue weighted by Crippen LogP contribution is 2.16. The van der Waals surface area contributed by atoms with Crippen LogP contribution in [0.3, 0.4) is 0 Å². The summed E-state index contributed by atoms with van der Waals surface area (Å²) < 4.78 is 13.0. The maximum Gasteiger partial charge on any atom is 0.323 e. The van der Waals surface area contributed by atoms with Gasteiger partial charge in [-0.1, -0.05) is 11.6 Å². The average Bonchev–Trinajstić information content (AvgIpc) is 2.20. The molecule has 4 nitrogen and oxygen atoms in total. The number of rotatable bonds is 3. The van der Waals surface area contributed by atoms with Gasteiger partial charge < -0.3 is 10.0 Å². The molecular formula is C10H9ClFNO3. The fourth-order valence-electron chi connectivity index (χ4n) is 1.12. The zero-order valence-electron chi connectivity index (χ0n) is 8.41. The summed E-state index contributed by atoms with van der Waals surface area (Å²) in [7, 11) is 1.32. The predicted octanol–water partition coefficient (Wildman–Crippen LogP) is 1.64. The van der Waals surface area contributed by atoms with E-state index in [1.54, 1.807) is 0 Å². The Balaban J connectivity index is 2.88. The first-order valence-electron chi connectivity index (χ1n) is 4.34. The van der Waals surface area contributed by atoms with Gasteiger partial charge in [0.05, 0.1) is 5.02 Å². The minimum Gasteiger partial charge on any atom is -0.480 e. The Bertz CT molecular complexity index is 436. The van der Waals surface area contributed by atoms with E-state index in [4.69, 9.17) is 16.7 Å². The van der Waals surface area contributed by atoms with Crippen LogP contribution in [0.25, 0.3) is 0 Å². The zero-order valence-corrected chi connectivity index (χ0v) is 9.16. The van der Waals surface area contributed by atoms with Gasteiger partial charge in [-0.05, 0) is 18.2 Å². The van der Waals surface area contributed by atoms with E-state index in [1.807, 2.05) is 0 Å². The van der Waals surface area contributed by atoms with Crippen LogP contribution in [0.5, 0.6) is 0 Å². The lowest BCUT2D eigenvalue weighted by atomic mass is 10.2. The number of carboxylic acid groups (broad SMARTS) is 1. The van der Waals surface area contributed by atoms with Crippen LogP contribution in [0.15, 0.2) is 18.2 Å². The number of carbonyl (C=O) groups excluding carboxylic acids is 1. The fraction of sp³-hybridized carbons (Fsp3) is 0.200. The molecule has 0 bridgehead atoms. The number of likely N-dealkylation sites (N-methyl/N-ethyl adjacent to an activating group) is 1. The van der Waals surface area contributed by atoms with Crippen LogP contribution in [0, 0.1) is 5.82 Å². The maximum absolute atomic E-state index is 13.0. The third-order valence-corrected chi connectivity index (χ3v) is 2.19. The number of nitrogens with zero attached hydrogens (tertiary/aromatic N) is 1. The molecule has 1 amide bonds. The fourth-order valence-corrected chi connectivity index (χ4v) is 1.24. The molecule has 0 aliphatic carbocycles. The van der Waals surface area contributed by atoms with E-state index < -0.39 is 24.2 Å². The lowest BCUT2D eigenvalue weighted by Crippen LogP contribution is -2.31. The third kappa shape index (κ3) is 2.93. The van der Waals surface area contributed by atoms with E-state index >= 15 is 0 Å². The van der Waals surface area contributed by atoms with Gasteiger partial charge in [-0.25, -0.2) is 4.39 Å². The van der Waals surface area contributed by atoms with Crippen LogP contribution in [-0.4, -0.2) is 35.5 Å². The van der Waals surface area contributed by atoms with Crippen molar-refractivity contribution in [2.24, 2.45) is 0 Å². The molecule has 0 unspecified atom stereocenters. The van der Waals surface area contributed by atoms with Gasteiger partial charge in [0, 0.05) is 12.6 Å². The van der Waals surface area contributed by atoms with E-state index in [-0.39, 0.29) is 10.6 Å². The lowest BCUT2D eigenvalue weighted by molar-refractivity contribution is -0.137. The van der Waals surface area contributed by atoms with E-state index in [0.29, 0.717) is 0 Å². The molecule has 1 N–H and O–H groups in total. The first kappa shape index (κ1) is 12.4. The average molecular weight is 246 g/mol. The summed E-state index contributed by atoms with van der Waals surface area (Å²) in [5.74, 6) is -2.42. The van der Waals surface area contributed by atoms with Crippen molar-refractivity contribution in [1.29, 1.82) is 0 Å². The molecule has 1 rings (SSSR count). The van der Waals surface area contributed by atoms with Crippen molar-refractivity contribution in [2.45, 2.75) is 0 Å². The summed E-state index contributed by atoms with van der Waals surface area (Å²) in [6.45, 7) is -0.441. The van der Waals surface area contributed by atoms with Crippen molar-refractivity contribution in [3.63, 3.8) is 0 Å². The van der Waals surface area contributed by atoms with Gasteiger partial charge in [-0.3, -0.25) is 9.59 Å². The van der Waals surface area contributed by atoms with Crippen LogP contribution < -0.4 is 0 Å². The normalized spacial score (nSPS) is 9.94. The van der Waals surface area contributed by atoms with Crippen LogP contribution in [0.4, 0.5) is 4.39 Å². The molecule has 86 valence electrons. The summed E-state index contributed by atoms with van der Waals surface area (Å²) in [5, 5.41) is 8.40. The van der Waals surface area contributed by atoms with E-state index in [2.05, 4.69) is 0 Å². The quantitative estimate of drug-likeness (QED) is 0.881. The second-order valence-corrected chi connectivity index (χ2v) is 3.59. The van der Waals surface area contributed by atoms with E-state index in [0.717, 1.165) is 11.0 Å². The maximum atomic E-state index is 13.0. The standard InChI is InChI=1S/C10H9ClFNO3/c1-13(5-9(14)15)10(16)6-2-3-7(11)8(12)4-6/h2-4H,5H2,1H3,(H,14,15). The van der Waals surface area contributed by atoms with Gasteiger partial charge in [0.25, 0.3) is 5.91 Å². The molecule has 0 saturated heterocycles. The van der Waals surface area contributed by atoms with Gasteiger partial charge in [0.1, 0.15) is 12.4 Å². The van der Waals surface area contributed by atoms with Gasteiger partial charge in [0.2, 0.25) is 0 Å². The molecule has 0 aliphatic heterocycles. The molecule has 0 fully saturated rings. The Morgan fingerprint density at radius 3 is 2.62 bits per heavy atom. The van der Waals surface area contributed by atoms with Crippen LogP contribution >= 0.6 is 11.6 Å². The highest BCUT2D eigenvalue weighted by atomic mass is 35.5.